The third-order valence-corrected chi connectivity index (χ3v) is 3.10. The second-order valence-electron chi connectivity index (χ2n) is 5.35. The van der Waals surface area contributed by atoms with E-state index in [1.807, 2.05) is 6.92 Å². The normalized spacial score (nSPS) is 10.5. The molecule has 0 spiro atoms. The first-order chi connectivity index (χ1) is 12.5. The van der Waals surface area contributed by atoms with Crippen molar-refractivity contribution in [2.45, 2.75) is 25.9 Å². The van der Waals surface area contributed by atoms with Crippen molar-refractivity contribution >= 4 is 23.6 Å². The number of amides is 2. The van der Waals surface area contributed by atoms with Gasteiger partial charge in [-0.25, -0.2) is 4.79 Å². The predicted octanol–water partition coefficient (Wildman–Crippen LogP) is 2.02. The molecule has 0 aliphatic heterocycles. The van der Waals surface area contributed by atoms with Gasteiger partial charge in [0.05, 0.1) is 0 Å². The van der Waals surface area contributed by atoms with Gasteiger partial charge in [0.1, 0.15) is 0 Å². The van der Waals surface area contributed by atoms with Gasteiger partial charge in [-0.15, -0.1) is 0 Å². The van der Waals surface area contributed by atoms with Gasteiger partial charge in [-0.2, -0.15) is 18.3 Å². The summed E-state index contributed by atoms with van der Waals surface area (Å²) >= 11 is 0. The van der Waals surface area contributed by atoms with Gasteiger partial charge < -0.3 is 16.2 Å². The number of hydrogen-bond donors (Lipinski definition) is 4. The lowest BCUT2D eigenvalue weighted by Crippen LogP contribution is -2.21. The topological polar surface area (TPSA) is 138 Å². The van der Waals surface area contributed by atoms with Gasteiger partial charge in [-0.05, 0) is 31.0 Å². The summed E-state index contributed by atoms with van der Waals surface area (Å²) in [7, 11) is 0. The van der Waals surface area contributed by atoms with Crippen LogP contribution in [0, 0.1) is 6.92 Å². The second kappa shape index (κ2) is 9.36. The highest BCUT2D eigenvalue weighted by Crippen LogP contribution is 2.13. The number of carboxylic acids is 1. The van der Waals surface area contributed by atoms with E-state index in [4.69, 9.17) is 15.6 Å². The fourth-order valence-electron chi connectivity index (χ4n) is 1.78. The number of nitrogens with one attached hydrogen (secondary N) is 2. The molecule has 0 aliphatic rings. The number of rotatable bonds is 5. The van der Waals surface area contributed by atoms with Crippen LogP contribution in [-0.2, 0) is 16.0 Å². The molecule has 0 radical (unpaired) electrons. The summed E-state index contributed by atoms with van der Waals surface area (Å²) in [5.74, 6) is -2.79. The minimum atomic E-state index is -5.08. The monoisotopic (exact) mass is 386 g/mol. The Bertz CT molecular complexity index is 801. The summed E-state index contributed by atoms with van der Waals surface area (Å²) in [6, 6.07) is 8.68. The molecule has 0 saturated carbocycles. The van der Waals surface area contributed by atoms with Crippen LogP contribution in [0.3, 0.4) is 0 Å². The molecule has 1 aromatic carbocycles. The van der Waals surface area contributed by atoms with E-state index in [2.05, 4.69) is 15.5 Å². The van der Waals surface area contributed by atoms with Crippen molar-refractivity contribution in [1.29, 1.82) is 0 Å². The van der Waals surface area contributed by atoms with Crippen LogP contribution < -0.4 is 11.1 Å². The van der Waals surface area contributed by atoms with E-state index in [0.29, 0.717) is 24.2 Å². The summed E-state index contributed by atoms with van der Waals surface area (Å²) in [5.41, 5.74) is 7.49. The van der Waals surface area contributed by atoms with Crippen molar-refractivity contribution in [2.24, 2.45) is 5.73 Å². The number of anilines is 1. The van der Waals surface area contributed by atoms with Crippen LogP contribution in [0.4, 0.5) is 19.0 Å². The molecular weight excluding hydrogens is 369 g/mol. The van der Waals surface area contributed by atoms with Crippen LogP contribution in [-0.4, -0.2) is 39.3 Å². The van der Waals surface area contributed by atoms with E-state index in [9.17, 15) is 22.8 Å². The Morgan fingerprint density at radius 3 is 2.19 bits per heavy atom. The van der Waals surface area contributed by atoms with Gasteiger partial charge in [0.25, 0.3) is 0 Å². The standard InChI is InChI=1S/C14H16N4O2.C2HF3O2/c1-9-8-12(18-17-9)16-13(19)7-4-10-2-5-11(6-3-10)14(15)20;3-2(4,5)1(6)7/h2-3,5-6,8H,4,7H2,1H3,(H2,15,20)(H2,16,17,18,19);(H,6,7). The average molecular weight is 386 g/mol. The van der Waals surface area contributed by atoms with Crippen molar-refractivity contribution in [3.8, 4) is 0 Å². The van der Waals surface area contributed by atoms with Crippen LogP contribution in [0.15, 0.2) is 30.3 Å². The summed E-state index contributed by atoms with van der Waals surface area (Å²) in [6.45, 7) is 1.86. The lowest BCUT2D eigenvalue weighted by atomic mass is 10.1. The molecular formula is C16H17F3N4O4. The van der Waals surface area contributed by atoms with E-state index in [1.54, 1.807) is 30.3 Å². The minimum absolute atomic E-state index is 0.101. The maximum absolute atomic E-state index is 11.7. The minimum Gasteiger partial charge on any atom is -0.475 e. The lowest BCUT2D eigenvalue weighted by Gasteiger charge is -2.03. The quantitative estimate of drug-likeness (QED) is 0.623. The van der Waals surface area contributed by atoms with Crippen molar-refractivity contribution in [1.82, 2.24) is 10.2 Å². The van der Waals surface area contributed by atoms with Crippen LogP contribution in [0.2, 0.25) is 0 Å². The van der Waals surface area contributed by atoms with Gasteiger partial charge in [0.2, 0.25) is 11.8 Å². The number of aliphatic carboxylic acids is 1. The Hall–Kier alpha value is -3.37. The number of halogens is 3. The summed E-state index contributed by atoms with van der Waals surface area (Å²) in [6.07, 6.45) is -4.14. The summed E-state index contributed by atoms with van der Waals surface area (Å²) in [5, 5.41) is 16.5. The molecule has 1 aromatic heterocycles. The number of benzene rings is 1. The fraction of sp³-hybridized carbons (Fsp3) is 0.250. The Morgan fingerprint density at radius 1 is 1.22 bits per heavy atom. The van der Waals surface area contributed by atoms with E-state index >= 15 is 0 Å². The van der Waals surface area contributed by atoms with E-state index < -0.39 is 18.1 Å². The number of primary amides is 1. The zero-order valence-electron chi connectivity index (χ0n) is 14.1. The van der Waals surface area contributed by atoms with E-state index in [0.717, 1.165) is 11.3 Å². The fourth-order valence-corrected chi connectivity index (χ4v) is 1.78. The molecule has 8 nitrogen and oxygen atoms in total. The van der Waals surface area contributed by atoms with Gasteiger partial charge in [-0.3, -0.25) is 14.7 Å². The van der Waals surface area contributed by atoms with Gasteiger partial charge in [-0.1, -0.05) is 12.1 Å². The molecule has 0 saturated heterocycles. The van der Waals surface area contributed by atoms with Crippen molar-refractivity contribution in [3.63, 3.8) is 0 Å². The first-order valence-electron chi connectivity index (χ1n) is 7.49. The smallest absolute Gasteiger partial charge is 0.475 e. The Kier molecular flexibility index (Phi) is 7.51. The number of carboxylic acid groups (broad SMARTS) is 1. The average Bonchev–Trinajstić information content (AvgIpc) is 2.98. The zero-order chi connectivity index (χ0) is 20.6. The van der Waals surface area contributed by atoms with Gasteiger partial charge in [0, 0.05) is 23.7 Å². The molecule has 0 unspecified atom stereocenters. The highest BCUT2D eigenvalue weighted by Gasteiger charge is 2.38. The van der Waals surface area contributed by atoms with Crippen LogP contribution in [0.1, 0.15) is 28.0 Å². The van der Waals surface area contributed by atoms with Gasteiger partial charge in [0.15, 0.2) is 5.82 Å². The number of carbonyl (C=O) groups excluding carboxylic acids is 2. The third-order valence-electron chi connectivity index (χ3n) is 3.10. The predicted molar refractivity (Wildman–Crippen MR) is 88.9 cm³/mol. The molecule has 0 atom stereocenters. The van der Waals surface area contributed by atoms with Crippen LogP contribution in [0.5, 0.6) is 0 Å². The molecule has 0 fully saturated rings. The Morgan fingerprint density at radius 2 is 1.78 bits per heavy atom. The maximum Gasteiger partial charge on any atom is 0.490 e. The lowest BCUT2D eigenvalue weighted by molar-refractivity contribution is -0.192. The molecule has 2 rings (SSSR count). The van der Waals surface area contributed by atoms with Crippen molar-refractivity contribution < 1.29 is 32.7 Å². The Balaban J connectivity index is 0.000000445. The van der Waals surface area contributed by atoms with E-state index in [1.165, 1.54) is 0 Å². The van der Waals surface area contributed by atoms with Gasteiger partial charge >= 0.3 is 12.1 Å². The number of aryl methyl sites for hydroxylation is 2. The largest absolute Gasteiger partial charge is 0.490 e. The number of aromatic amines is 1. The van der Waals surface area contributed by atoms with Crippen molar-refractivity contribution in [2.75, 3.05) is 5.32 Å². The second-order valence-corrected chi connectivity index (χ2v) is 5.35. The number of H-pyrrole nitrogens is 1. The summed E-state index contributed by atoms with van der Waals surface area (Å²) in [4.78, 5) is 31.6. The highest BCUT2D eigenvalue weighted by molar-refractivity contribution is 5.92. The molecule has 2 aromatic rings. The van der Waals surface area contributed by atoms with Crippen LogP contribution in [0.25, 0.3) is 0 Å². The summed E-state index contributed by atoms with van der Waals surface area (Å²) < 4.78 is 31.7. The first-order valence-corrected chi connectivity index (χ1v) is 7.49. The molecule has 27 heavy (non-hydrogen) atoms. The molecule has 2 amide bonds. The number of carbonyl (C=O) groups is 3. The molecule has 5 N–H and O–H groups in total. The highest BCUT2D eigenvalue weighted by atomic mass is 19.4. The zero-order valence-corrected chi connectivity index (χ0v) is 14.1. The van der Waals surface area contributed by atoms with Crippen LogP contribution >= 0.6 is 0 Å². The number of alkyl halides is 3. The van der Waals surface area contributed by atoms with Crippen molar-refractivity contribution in [3.05, 3.63) is 47.2 Å². The maximum atomic E-state index is 11.7. The number of nitrogens with two attached hydrogens (primary N) is 1. The molecule has 0 bridgehead atoms. The third kappa shape index (κ3) is 8.03. The van der Waals surface area contributed by atoms with E-state index in [-0.39, 0.29) is 5.91 Å². The molecule has 0 aliphatic carbocycles. The number of hydrogen-bond acceptors (Lipinski definition) is 4. The Labute approximate surface area is 151 Å². The number of nitrogens with zero attached hydrogens (tertiary/aromatic N) is 1. The molecule has 146 valence electrons. The first kappa shape index (κ1) is 21.7. The SMILES string of the molecule is Cc1cc(NC(=O)CCc2ccc(C(N)=O)cc2)n[nH]1.O=C(O)C(F)(F)F. The molecule has 1 heterocycles. The molecule has 11 heteroatoms. The number of aromatic nitrogens is 2.